The van der Waals surface area contributed by atoms with Gasteiger partial charge < -0.3 is 14.2 Å². The van der Waals surface area contributed by atoms with Crippen molar-refractivity contribution in [1.29, 1.82) is 0 Å². The van der Waals surface area contributed by atoms with E-state index in [-0.39, 0.29) is 12.0 Å². The van der Waals surface area contributed by atoms with E-state index in [0.717, 1.165) is 49.5 Å². The molecule has 10 heteroatoms. The lowest BCUT2D eigenvalue weighted by Gasteiger charge is -2.36. The van der Waals surface area contributed by atoms with Gasteiger partial charge in [-0.15, -0.1) is 0 Å². The summed E-state index contributed by atoms with van der Waals surface area (Å²) in [5, 5.41) is 14.9. The van der Waals surface area contributed by atoms with Crippen molar-refractivity contribution in [2.24, 2.45) is 5.16 Å². The monoisotopic (exact) mass is 451 g/mol. The van der Waals surface area contributed by atoms with Gasteiger partial charge in [-0.3, -0.25) is 15.0 Å². The molecular weight excluding hydrogens is 429 g/mol. The molecule has 9 nitrogen and oxygen atoms in total. The molecule has 0 spiro atoms. The number of furan rings is 1. The Bertz CT molecular complexity index is 1150. The number of benzene rings is 1. The van der Waals surface area contributed by atoms with Gasteiger partial charge in [0, 0.05) is 51.0 Å². The molecule has 1 unspecified atom stereocenters. The summed E-state index contributed by atoms with van der Waals surface area (Å²) < 4.78 is 18.2. The second-order valence-corrected chi connectivity index (χ2v) is 8.08. The van der Waals surface area contributed by atoms with Crippen molar-refractivity contribution < 1.29 is 18.6 Å². The molecule has 4 heterocycles. The predicted octanol–water partition coefficient (Wildman–Crippen LogP) is 3.91. The predicted molar refractivity (Wildman–Crippen MR) is 118 cm³/mol. The SMILES string of the molecule is O=[N+]([O-])c1ccc(C2=NOC(c3ccc(N4CCN(Cc5ccc(F)nc5)CC4)cc3)C2)o1. The van der Waals surface area contributed by atoms with E-state index in [9.17, 15) is 14.5 Å². The minimum Gasteiger partial charge on any atom is -0.399 e. The van der Waals surface area contributed by atoms with E-state index in [0.29, 0.717) is 17.9 Å². The Morgan fingerprint density at radius 2 is 1.85 bits per heavy atom. The lowest BCUT2D eigenvalue weighted by Crippen LogP contribution is -2.45. The van der Waals surface area contributed by atoms with Crippen LogP contribution in [0.3, 0.4) is 0 Å². The van der Waals surface area contributed by atoms with Gasteiger partial charge in [0.15, 0.2) is 11.9 Å². The van der Waals surface area contributed by atoms with Crippen LogP contribution in [0.1, 0.15) is 29.4 Å². The summed E-state index contributed by atoms with van der Waals surface area (Å²) in [6.07, 6.45) is 1.83. The number of rotatable bonds is 6. The zero-order valence-electron chi connectivity index (χ0n) is 17.8. The third-order valence-corrected chi connectivity index (χ3v) is 5.92. The first-order chi connectivity index (χ1) is 16.0. The van der Waals surface area contributed by atoms with Crippen LogP contribution in [0.15, 0.2) is 64.3 Å². The lowest BCUT2D eigenvalue weighted by molar-refractivity contribution is -0.402. The van der Waals surface area contributed by atoms with Gasteiger partial charge in [0.2, 0.25) is 5.95 Å². The fourth-order valence-corrected chi connectivity index (χ4v) is 4.10. The largest absolute Gasteiger partial charge is 0.433 e. The molecule has 1 aromatic carbocycles. The van der Waals surface area contributed by atoms with E-state index in [2.05, 4.69) is 32.1 Å². The van der Waals surface area contributed by atoms with Gasteiger partial charge in [-0.25, -0.2) is 4.98 Å². The molecule has 2 aliphatic heterocycles. The van der Waals surface area contributed by atoms with Crippen LogP contribution >= 0.6 is 0 Å². The Hall–Kier alpha value is -3.79. The first kappa shape index (κ1) is 21.1. The van der Waals surface area contributed by atoms with Gasteiger partial charge in [-0.1, -0.05) is 23.4 Å². The maximum atomic E-state index is 13.0. The third kappa shape index (κ3) is 4.70. The molecule has 0 radical (unpaired) electrons. The molecular formula is C23H22FN5O4. The molecule has 1 fully saturated rings. The number of hydrogen-bond donors (Lipinski definition) is 0. The van der Waals surface area contributed by atoms with E-state index in [1.165, 1.54) is 18.2 Å². The Morgan fingerprint density at radius 3 is 2.52 bits per heavy atom. The lowest BCUT2D eigenvalue weighted by atomic mass is 10.0. The van der Waals surface area contributed by atoms with E-state index >= 15 is 0 Å². The highest BCUT2D eigenvalue weighted by Crippen LogP contribution is 2.32. The molecule has 0 aliphatic carbocycles. The summed E-state index contributed by atoms with van der Waals surface area (Å²) in [6, 6.07) is 14.2. The number of pyridine rings is 1. The number of hydrogen-bond acceptors (Lipinski definition) is 8. The number of anilines is 1. The van der Waals surface area contributed by atoms with E-state index in [1.807, 2.05) is 12.1 Å². The summed E-state index contributed by atoms with van der Waals surface area (Å²) in [5.74, 6) is -0.409. The van der Waals surface area contributed by atoms with E-state index in [1.54, 1.807) is 12.3 Å². The first-order valence-corrected chi connectivity index (χ1v) is 10.7. The van der Waals surface area contributed by atoms with Crippen molar-refractivity contribution in [2.75, 3.05) is 31.1 Å². The van der Waals surface area contributed by atoms with Gasteiger partial charge in [-0.05, 0) is 35.4 Å². The topological polar surface area (TPSA) is 97.2 Å². The average molecular weight is 451 g/mol. The third-order valence-electron chi connectivity index (χ3n) is 5.92. The van der Waals surface area contributed by atoms with Crippen LogP contribution < -0.4 is 4.90 Å². The molecule has 2 aromatic heterocycles. The fourth-order valence-electron chi connectivity index (χ4n) is 4.10. The van der Waals surface area contributed by atoms with Crippen LogP contribution in [-0.2, 0) is 11.4 Å². The van der Waals surface area contributed by atoms with Crippen molar-refractivity contribution in [3.05, 3.63) is 87.7 Å². The highest BCUT2D eigenvalue weighted by Gasteiger charge is 2.27. The number of aromatic nitrogens is 1. The van der Waals surface area contributed by atoms with Crippen molar-refractivity contribution in [3.63, 3.8) is 0 Å². The molecule has 0 amide bonds. The summed E-state index contributed by atoms with van der Waals surface area (Å²) >= 11 is 0. The average Bonchev–Trinajstić information content (AvgIpc) is 3.52. The van der Waals surface area contributed by atoms with Crippen LogP contribution in [0.2, 0.25) is 0 Å². The van der Waals surface area contributed by atoms with Crippen LogP contribution in [-0.4, -0.2) is 46.7 Å². The van der Waals surface area contributed by atoms with Crippen LogP contribution in [0.25, 0.3) is 0 Å². The molecule has 2 aliphatic rings. The van der Waals surface area contributed by atoms with Crippen molar-refractivity contribution in [1.82, 2.24) is 9.88 Å². The smallest absolute Gasteiger partial charge is 0.399 e. The summed E-state index contributed by atoms with van der Waals surface area (Å²) in [6.45, 7) is 4.39. The standard InChI is InChI=1S/C23H22FN5O4/c24-22-7-1-16(14-25-22)15-27-9-11-28(12-10-27)18-4-2-17(3-5-18)21-13-19(26-33-21)20-6-8-23(32-20)29(30)31/h1-8,14,21H,9-13,15H2. The first-order valence-electron chi connectivity index (χ1n) is 10.7. The van der Waals surface area contributed by atoms with E-state index in [4.69, 9.17) is 9.25 Å². The van der Waals surface area contributed by atoms with Crippen molar-refractivity contribution in [2.45, 2.75) is 19.1 Å². The number of oxime groups is 1. The molecule has 0 saturated carbocycles. The number of piperazine rings is 1. The van der Waals surface area contributed by atoms with Gasteiger partial charge in [-0.2, -0.15) is 4.39 Å². The summed E-state index contributed by atoms with van der Waals surface area (Å²) in [4.78, 5) is 24.2. The molecule has 33 heavy (non-hydrogen) atoms. The van der Waals surface area contributed by atoms with Gasteiger partial charge in [0.05, 0.1) is 6.07 Å². The maximum Gasteiger partial charge on any atom is 0.433 e. The highest BCUT2D eigenvalue weighted by molar-refractivity contribution is 5.99. The molecule has 0 N–H and O–H groups in total. The van der Waals surface area contributed by atoms with Crippen molar-refractivity contribution >= 4 is 17.3 Å². The maximum absolute atomic E-state index is 13.0. The van der Waals surface area contributed by atoms with Crippen LogP contribution in [0.5, 0.6) is 0 Å². The zero-order chi connectivity index (χ0) is 22.8. The molecule has 170 valence electrons. The van der Waals surface area contributed by atoms with Crippen LogP contribution in [0, 0.1) is 16.1 Å². The summed E-state index contributed by atoms with van der Waals surface area (Å²) in [5.41, 5.74) is 3.70. The number of halogens is 1. The number of nitro groups is 1. The Balaban J connectivity index is 1.14. The van der Waals surface area contributed by atoms with Crippen LogP contribution in [0.4, 0.5) is 16.0 Å². The molecule has 3 aromatic rings. The number of nitrogens with zero attached hydrogens (tertiary/aromatic N) is 5. The van der Waals surface area contributed by atoms with E-state index < -0.39 is 10.9 Å². The normalized spacial score (nSPS) is 18.8. The molecule has 1 saturated heterocycles. The minimum atomic E-state index is -0.574. The van der Waals surface area contributed by atoms with Gasteiger partial charge >= 0.3 is 5.88 Å². The molecule has 1 atom stereocenters. The Morgan fingerprint density at radius 1 is 1.06 bits per heavy atom. The summed E-state index contributed by atoms with van der Waals surface area (Å²) in [7, 11) is 0. The minimum absolute atomic E-state index is 0.251. The zero-order valence-corrected chi connectivity index (χ0v) is 17.8. The van der Waals surface area contributed by atoms with Crippen molar-refractivity contribution in [3.8, 4) is 0 Å². The Kier molecular flexibility index (Phi) is 5.74. The quantitative estimate of drug-likeness (QED) is 0.318. The Labute approximate surface area is 189 Å². The second-order valence-electron chi connectivity index (χ2n) is 8.08. The second kappa shape index (κ2) is 8.99. The molecule has 5 rings (SSSR count). The highest BCUT2D eigenvalue weighted by atomic mass is 19.1. The molecule has 0 bridgehead atoms. The van der Waals surface area contributed by atoms with Gasteiger partial charge in [0.1, 0.15) is 10.6 Å². The fraction of sp³-hybridized carbons (Fsp3) is 0.304. The van der Waals surface area contributed by atoms with Gasteiger partial charge in [0.25, 0.3) is 0 Å².